The molecule has 0 aliphatic heterocycles. The molecule has 0 fully saturated rings. The van der Waals surface area contributed by atoms with Gasteiger partial charge in [-0.25, -0.2) is 0 Å². The fourth-order valence-corrected chi connectivity index (χ4v) is 3.40. The fourth-order valence-electron chi connectivity index (χ4n) is 2.60. The number of nitrogens with one attached hydrogen (secondary N) is 1. The first-order valence-corrected chi connectivity index (χ1v) is 9.31. The van der Waals surface area contributed by atoms with Crippen LogP contribution in [0.3, 0.4) is 0 Å². The quantitative estimate of drug-likeness (QED) is 0.615. The van der Waals surface area contributed by atoms with Gasteiger partial charge in [-0.05, 0) is 34.7 Å². The number of phenols is 1. The molecular formula is C21H19NO4S. The highest BCUT2D eigenvalue weighted by molar-refractivity contribution is 7.10. The summed E-state index contributed by atoms with van der Waals surface area (Å²) in [4.78, 5) is 25.2. The topological polar surface area (TPSA) is 75.6 Å². The van der Waals surface area contributed by atoms with Gasteiger partial charge in [-0.1, -0.05) is 48.5 Å². The van der Waals surface area contributed by atoms with Crippen molar-refractivity contribution in [2.75, 3.05) is 6.61 Å². The molecule has 1 heterocycles. The maximum absolute atomic E-state index is 12.3. The van der Waals surface area contributed by atoms with E-state index in [4.69, 9.17) is 4.74 Å². The van der Waals surface area contributed by atoms with E-state index in [1.807, 2.05) is 47.8 Å². The van der Waals surface area contributed by atoms with Gasteiger partial charge in [-0.2, -0.15) is 0 Å². The summed E-state index contributed by atoms with van der Waals surface area (Å²) in [5.41, 5.74) is 1.67. The van der Waals surface area contributed by atoms with Crippen LogP contribution in [-0.4, -0.2) is 23.6 Å². The number of rotatable bonds is 7. The highest BCUT2D eigenvalue weighted by atomic mass is 32.1. The molecule has 3 aromatic rings. The molecular weight excluding hydrogens is 362 g/mol. The molecule has 0 aliphatic carbocycles. The first kappa shape index (κ1) is 18.7. The van der Waals surface area contributed by atoms with E-state index in [0.29, 0.717) is 5.56 Å². The van der Waals surface area contributed by atoms with E-state index in [9.17, 15) is 14.7 Å². The Morgan fingerprint density at radius 1 is 1.00 bits per heavy atom. The minimum absolute atomic E-state index is 0.0423. The van der Waals surface area contributed by atoms with Crippen molar-refractivity contribution in [3.63, 3.8) is 0 Å². The SMILES string of the molecule is O=C(COC(=O)Cc1ccc(O)cc1)N[C@H](c1ccccc1)c1cccs1. The van der Waals surface area contributed by atoms with Gasteiger partial charge in [0.1, 0.15) is 5.75 Å². The van der Waals surface area contributed by atoms with Gasteiger partial charge in [0.05, 0.1) is 12.5 Å². The summed E-state index contributed by atoms with van der Waals surface area (Å²) in [6.07, 6.45) is 0.0423. The zero-order valence-corrected chi connectivity index (χ0v) is 15.3. The molecule has 0 radical (unpaired) electrons. The largest absolute Gasteiger partial charge is 0.508 e. The van der Waals surface area contributed by atoms with Crippen LogP contribution in [0.5, 0.6) is 5.75 Å². The van der Waals surface area contributed by atoms with Gasteiger partial charge in [0.25, 0.3) is 5.91 Å². The molecule has 1 aromatic heterocycles. The minimum atomic E-state index is -0.497. The molecule has 0 aliphatic rings. The zero-order valence-electron chi connectivity index (χ0n) is 14.5. The highest BCUT2D eigenvalue weighted by Crippen LogP contribution is 2.25. The Labute approximate surface area is 161 Å². The van der Waals surface area contributed by atoms with Gasteiger partial charge >= 0.3 is 5.97 Å². The van der Waals surface area contributed by atoms with E-state index in [0.717, 1.165) is 10.4 Å². The smallest absolute Gasteiger partial charge is 0.310 e. The van der Waals surface area contributed by atoms with Crippen molar-refractivity contribution in [1.82, 2.24) is 5.32 Å². The number of carbonyl (C=O) groups excluding carboxylic acids is 2. The van der Waals surface area contributed by atoms with Crippen LogP contribution in [-0.2, 0) is 20.7 Å². The number of aromatic hydroxyl groups is 1. The molecule has 27 heavy (non-hydrogen) atoms. The number of esters is 1. The Hall–Kier alpha value is -3.12. The van der Waals surface area contributed by atoms with E-state index in [2.05, 4.69) is 5.32 Å². The van der Waals surface area contributed by atoms with Crippen molar-refractivity contribution in [2.24, 2.45) is 0 Å². The van der Waals surface area contributed by atoms with Crippen LogP contribution >= 0.6 is 11.3 Å². The molecule has 0 saturated carbocycles. The average Bonchev–Trinajstić information content (AvgIpc) is 3.21. The van der Waals surface area contributed by atoms with Crippen molar-refractivity contribution in [3.05, 3.63) is 88.1 Å². The first-order chi connectivity index (χ1) is 13.1. The normalized spacial score (nSPS) is 11.6. The second-order valence-corrected chi connectivity index (χ2v) is 6.91. The van der Waals surface area contributed by atoms with E-state index in [1.165, 1.54) is 12.1 Å². The van der Waals surface area contributed by atoms with Crippen molar-refractivity contribution in [3.8, 4) is 5.75 Å². The van der Waals surface area contributed by atoms with Gasteiger partial charge in [0.15, 0.2) is 6.61 Å². The lowest BCUT2D eigenvalue weighted by atomic mass is 10.1. The molecule has 0 saturated heterocycles. The predicted octanol–water partition coefficient (Wildman–Crippen LogP) is 3.45. The number of amides is 1. The third-order valence-corrected chi connectivity index (χ3v) is 4.85. The van der Waals surface area contributed by atoms with Crippen LogP contribution in [0, 0.1) is 0 Å². The summed E-state index contributed by atoms with van der Waals surface area (Å²) in [6, 6.07) is 19.5. The lowest BCUT2D eigenvalue weighted by Gasteiger charge is -2.18. The Morgan fingerprint density at radius 2 is 1.74 bits per heavy atom. The molecule has 1 amide bonds. The Kier molecular flexibility index (Phi) is 6.22. The number of carbonyl (C=O) groups is 2. The maximum atomic E-state index is 12.3. The van der Waals surface area contributed by atoms with Gasteiger partial charge < -0.3 is 15.2 Å². The molecule has 2 N–H and O–H groups in total. The van der Waals surface area contributed by atoms with Crippen molar-refractivity contribution in [2.45, 2.75) is 12.5 Å². The van der Waals surface area contributed by atoms with Crippen LogP contribution < -0.4 is 5.32 Å². The average molecular weight is 381 g/mol. The molecule has 3 rings (SSSR count). The van der Waals surface area contributed by atoms with Crippen LogP contribution in [0.15, 0.2) is 72.1 Å². The second kappa shape index (κ2) is 9.00. The molecule has 2 aromatic carbocycles. The minimum Gasteiger partial charge on any atom is -0.508 e. The number of hydrogen-bond donors (Lipinski definition) is 2. The van der Waals surface area contributed by atoms with Gasteiger partial charge in [-0.3, -0.25) is 9.59 Å². The highest BCUT2D eigenvalue weighted by Gasteiger charge is 2.18. The Morgan fingerprint density at radius 3 is 2.41 bits per heavy atom. The molecule has 5 nitrogen and oxygen atoms in total. The number of phenolic OH excluding ortho intramolecular Hbond substituents is 1. The monoisotopic (exact) mass is 381 g/mol. The van der Waals surface area contributed by atoms with Crippen LogP contribution in [0.2, 0.25) is 0 Å². The van der Waals surface area contributed by atoms with E-state index in [1.54, 1.807) is 23.5 Å². The summed E-state index contributed by atoms with van der Waals surface area (Å²) in [5, 5.41) is 14.1. The summed E-state index contributed by atoms with van der Waals surface area (Å²) in [7, 11) is 0. The van der Waals surface area contributed by atoms with Crippen LogP contribution in [0.25, 0.3) is 0 Å². The Bertz CT molecular complexity index is 876. The number of benzene rings is 2. The second-order valence-electron chi connectivity index (χ2n) is 5.93. The standard InChI is InChI=1S/C21H19NO4S/c23-17-10-8-15(9-11-17)13-20(25)26-14-19(24)22-21(18-7-4-12-27-18)16-5-2-1-3-6-16/h1-12,21,23H,13-14H2,(H,22,24)/t21-/m1/s1. The zero-order chi connectivity index (χ0) is 19.1. The van der Waals surface area contributed by atoms with Crippen LogP contribution in [0.4, 0.5) is 0 Å². The lowest BCUT2D eigenvalue weighted by molar-refractivity contribution is -0.148. The lowest BCUT2D eigenvalue weighted by Crippen LogP contribution is -2.32. The molecule has 1 atom stereocenters. The maximum Gasteiger partial charge on any atom is 0.310 e. The van der Waals surface area contributed by atoms with Gasteiger partial charge in [0, 0.05) is 4.88 Å². The van der Waals surface area contributed by atoms with E-state index in [-0.39, 0.29) is 30.7 Å². The fraction of sp³-hybridized carbons (Fsp3) is 0.143. The predicted molar refractivity (Wildman–Crippen MR) is 104 cm³/mol. The van der Waals surface area contributed by atoms with Crippen molar-refractivity contribution < 1.29 is 19.4 Å². The summed E-state index contributed by atoms with van der Waals surface area (Å²) < 4.78 is 5.08. The molecule has 6 heteroatoms. The summed E-state index contributed by atoms with van der Waals surface area (Å²) in [6.45, 7) is -0.342. The summed E-state index contributed by atoms with van der Waals surface area (Å²) >= 11 is 1.55. The van der Waals surface area contributed by atoms with E-state index >= 15 is 0 Å². The summed E-state index contributed by atoms with van der Waals surface area (Å²) in [5.74, 6) is -0.730. The number of ether oxygens (including phenoxy) is 1. The number of hydrogen-bond acceptors (Lipinski definition) is 5. The number of thiophene rings is 1. The van der Waals surface area contributed by atoms with Gasteiger partial charge in [0.2, 0.25) is 0 Å². The molecule has 138 valence electrons. The molecule has 0 bridgehead atoms. The van der Waals surface area contributed by atoms with Crippen molar-refractivity contribution in [1.29, 1.82) is 0 Å². The molecule has 0 spiro atoms. The first-order valence-electron chi connectivity index (χ1n) is 8.43. The third kappa shape index (κ3) is 5.43. The van der Waals surface area contributed by atoms with Gasteiger partial charge in [-0.15, -0.1) is 11.3 Å². The Balaban J connectivity index is 1.56. The van der Waals surface area contributed by atoms with Crippen molar-refractivity contribution >= 4 is 23.2 Å². The van der Waals surface area contributed by atoms with E-state index < -0.39 is 5.97 Å². The third-order valence-electron chi connectivity index (χ3n) is 3.91. The molecule has 0 unspecified atom stereocenters. The van der Waals surface area contributed by atoms with Crippen LogP contribution in [0.1, 0.15) is 22.0 Å².